The predicted octanol–water partition coefficient (Wildman–Crippen LogP) is 4.49. The molecule has 0 bridgehead atoms. The van der Waals surface area contributed by atoms with Crippen LogP contribution >= 0.6 is 11.3 Å². The van der Waals surface area contributed by atoms with E-state index in [1.807, 2.05) is 6.92 Å². The third-order valence-electron chi connectivity index (χ3n) is 5.72. The molecule has 1 fully saturated rings. The van der Waals surface area contributed by atoms with Crippen molar-refractivity contribution < 1.29 is 13.2 Å². The molecule has 182 valence electrons. The first kappa shape index (κ1) is 24.4. The largest absolute Gasteiger partial charge is 0.494 e. The molecule has 11 heteroatoms. The smallest absolute Gasteiger partial charge is 0.217 e. The number of anilines is 3. The topological polar surface area (TPSA) is 132 Å². The van der Waals surface area contributed by atoms with Crippen molar-refractivity contribution in [3.05, 3.63) is 42.4 Å². The van der Waals surface area contributed by atoms with Crippen LogP contribution in [-0.4, -0.2) is 36.1 Å². The van der Waals surface area contributed by atoms with E-state index in [0.717, 1.165) is 24.2 Å². The van der Waals surface area contributed by atoms with E-state index in [9.17, 15) is 8.42 Å². The highest BCUT2D eigenvalue weighted by Crippen LogP contribution is 2.32. The number of rotatable bonds is 9. The molecule has 1 unspecified atom stereocenters. The number of sulfone groups is 1. The fourth-order valence-corrected chi connectivity index (χ4v) is 6.53. The molecule has 1 aromatic carbocycles. The Bertz CT molecular complexity index is 1220. The minimum atomic E-state index is -3.72. The summed E-state index contributed by atoms with van der Waals surface area (Å²) >= 11 is 1.04. The molecule has 1 aliphatic carbocycles. The Morgan fingerprint density at radius 3 is 2.71 bits per heavy atom. The molecule has 2 heterocycles. The van der Waals surface area contributed by atoms with Crippen LogP contribution in [-0.2, 0) is 9.84 Å². The fraction of sp³-hybridized carbons (Fsp3) is 0.435. The number of nitrogens with two attached hydrogens (primary N) is 1. The number of nitrogens with zero attached hydrogens (tertiary/aromatic N) is 3. The van der Waals surface area contributed by atoms with E-state index in [-0.39, 0.29) is 15.3 Å². The Kier molecular flexibility index (Phi) is 7.64. The van der Waals surface area contributed by atoms with Crippen LogP contribution in [0.4, 0.5) is 16.8 Å². The van der Waals surface area contributed by atoms with Gasteiger partial charge in [0.05, 0.1) is 23.9 Å². The lowest BCUT2D eigenvalue weighted by atomic mass is 9.87. The second-order valence-corrected chi connectivity index (χ2v) is 11.5. The average molecular weight is 503 g/mol. The van der Waals surface area contributed by atoms with E-state index in [4.69, 9.17) is 10.5 Å². The molecule has 4 rings (SSSR count). The molecular weight excluding hydrogens is 472 g/mol. The van der Waals surface area contributed by atoms with Crippen molar-refractivity contribution in [1.82, 2.24) is 15.0 Å². The van der Waals surface area contributed by atoms with Gasteiger partial charge in [0.25, 0.3) is 0 Å². The van der Waals surface area contributed by atoms with Gasteiger partial charge in [-0.2, -0.15) is 0 Å². The number of aryl methyl sites for hydroxylation is 1. The highest BCUT2D eigenvalue weighted by molar-refractivity contribution is 7.93. The van der Waals surface area contributed by atoms with Gasteiger partial charge in [0, 0.05) is 6.07 Å². The van der Waals surface area contributed by atoms with Crippen molar-refractivity contribution in [3.8, 4) is 5.75 Å². The van der Waals surface area contributed by atoms with Gasteiger partial charge in [-0.05, 0) is 50.8 Å². The lowest BCUT2D eigenvalue weighted by molar-refractivity contribution is 0.321. The second kappa shape index (κ2) is 10.7. The van der Waals surface area contributed by atoms with Crippen molar-refractivity contribution in [1.29, 1.82) is 0 Å². The maximum Gasteiger partial charge on any atom is 0.217 e. The van der Waals surface area contributed by atoms with Gasteiger partial charge in [0.15, 0.2) is 5.13 Å². The second-order valence-electron chi connectivity index (χ2n) is 8.27. The molecule has 3 aromatic rings. The quantitative estimate of drug-likeness (QED) is 0.362. The van der Waals surface area contributed by atoms with Gasteiger partial charge in [0.2, 0.25) is 9.84 Å². The molecule has 0 saturated heterocycles. The highest BCUT2D eigenvalue weighted by atomic mass is 32.2. The maximum atomic E-state index is 13.1. The van der Waals surface area contributed by atoms with E-state index < -0.39 is 9.84 Å². The first-order valence-corrected chi connectivity index (χ1v) is 13.7. The van der Waals surface area contributed by atoms with Crippen LogP contribution < -0.4 is 21.1 Å². The van der Waals surface area contributed by atoms with Gasteiger partial charge in [-0.1, -0.05) is 36.7 Å². The molecule has 1 saturated carbocycles. The Labute approximate surface area is 204 Å². The normalized spacial score (nSPS) is 15.6. The first-order chi connectivity index (χ1) is 16.3. The molecule has 0 aliphatic heterocycles. The van der Waals surface area contributed by atoms with Crippen molar-refractivity contribution in [2.75, 3.05) is 17.2 Å². The van der Waals surface area contributed by atoms with Gasteiger partial charge < -0.3 is 21.1 Å². The summed E-state index contributed by atoms with van der Waals surface area (Å²) in [5.74, 6) is 2.65. The van der Waals surface area contributed by atoms with Gasteiger partial charge >= 0.3 is 0 Å². The number of ether oxygens (including phenoxy) is 1. The summed E-state index contributed by atoms with van der Waals surface area (Å²) in [5, 5.41) is 6.82. The minimum Gasteiger partial charge on any atom is -0.494 e. The Morgan fingerprint density at radius 2 is 1.94 bits per heavy atom. The molecule has 1 aliphatic rings. The standard InChI is InChI=1S/C23H30N6O3S2/c1-3-32-17-10-7-11-18(12-17)34(30,31)21-14-25-23(33-21)29-20-13-19(26-15(2)27-20)28-22(24)16-8-5-4-6-9-16/h7,10-14,16,22H,3-6,8-9,24H2,1-2H3,(H2,25,26,27,28,29). The summed E-state index contributed by atoms with van der Waals surface area (Å²) in [7, 11) is -3.72. The van der Waals surface area contributed by atoms with Gasteiger partial charge in [0.1, 0.15) is 27.4 Å². The molecule has 9 nitrogen and oxygen atoms in total. The maximum absolute atomic E-state index is 13.1. The van der Waals surface area contributed by atoms with Crippen LogP contribution in [0.3, 0.4) is 0 Å². The van der Waals surface area contributed by atoms with Crippen molar-refractivity contribution in [3.63, 3.8) is 0 Å². The number of thiazole rings is 1. The van der Waals surface area contributed by atoms with Crippen LogP contribution in [0.5, 0.6) is 5.75 Å². The SMILES string of the molecule is CCOc1cccc(S(=O)(=O)c2cnc(Nc3cc(NC(N)C4CCCCC4)nc(C)n3)s2)c1. The Balaban J connectivity index is 1.49. The zero-order valence-corrected chi connectivity index (χ0v) is 21.0. The molecule has 1 atom stereocenters. The van der Waals surface area contributed by atoms with Gasteiger partial charge in [-0.25, -0.2) is 23.4 Å². The number of hydrogen-bond donors (Lipinski definition) is 3. The summed E-state index contributed by atoms with van der Waals surface area (Å²) in [5.41, 5.74) is 6.39. The number of hydrogen-bond acceptors (Lipinski definition) is 10. The molecule has 34 heavy (non-hydrogen) atoms. The van der Waals surface area contributed by atoms with Crippen molar-refractivity contribution in [2.45, 2.75) is 61.2 Å². The van der Waals surface area contributed by atoms with E-state index >= 15 is 0 Å². The molecular formula is C23H30N6O3S2. The average Bonchev–Trinajstić information content (AvgIpc) is 3.29. The third kappa shape index (κ3) is 5.83. The van der Waals surface area contributed by atoms with E-state index in [1.165, 1.54) is 31.5 Å². The Morgan fingerprint density at radius 1 is 1.18 bits per heavy atom. The molecule has 2 aromatic heterocycles. The van der Waals surface area contributed by atoms with Crippen LogP contribution in [0.25, 0.3) is 0 Å². The third-order valence-corrected chi connectivity index (χ3v) is 8.85. The predicted molar refractivity (Wildman–Crippen MR) is 133 cm³/mol. The van der Waals surface area contributed by atoms with Crippen molar-refractivity contribution >= 4 is 37.9 Å². The van der Waals surface area contributed by atoms with E-state index in [1.54, 1.807) is 31.2 Å². The Hall–Kier alpha value is -2.76. The zero-order valence-electron chi connectivity index (χ0n) is 19.3. The summed E-state index contributed by atoms with van der Waals surface area (Å²) in [6, 6.07) is 8.22. The van der Waals surface area contributed by atoms with Crippen LogP contribution in [0.15, 0.2) is 45.6 Å². The molecule has 0 radical (unpaired) electrons. The molecule has 0 spiro atoms. The van der Waals surface area contributed by atoms with E-state index in [0.29, 0.717) is 40.9 Å². The van der Waals surface area contributed by atoms with Gasteiger partial charge in [-0.15, -0.1) is 0 Å². The van der Waals surface area contributed by atoms with Crippen LogP contribution in [0.2, 0.25) is 0 Å². The van der Waals surface area contributed by atoms with Gasteiger partial charge in [-0.3, -0.25) is 0 Å². The van der Waals surface area contributed by atoms with E-state index in [2.05, 4.69) is 25.6 Å². The van der Waals surface area contributed by atoms with Crippen LogP contribution in [0, 0.1) is 12.8 Å². The summed E-state index contributed by atoms with van der Waals surface area (Å²) in [6.07, 6.45) is 7.10. The van der Waals surface area contributed by atoms with Crippen molar-refractivity contribution in [2.24, 2.45) is 11.7 Å². The number of benzene rings is 1. The first-order valence-electron chi connectivity index (χ1n) is 11.4. The fourth-order valence-electron chi connectivity index (χ4n) is 4.05. The highest BCUT2D eigenvalue weighted by Gasteiger charge is 2.23. The number of aromatic nitrogens is 3. The molecule has 0 amide bonds. The number of nitrogens with one attached hydrogen (secondary N) is 2. The zero-order chi connectivity index (χ0) is 24.1. The summed E-state index contributed by atoms with van der Waals surface area (Å²) in [6.45, 7) is 4.10. The summed E-state index contributed by atoms with van der Waals surface area (Å²) < 4.78 is 31.7. The van der Waals surface area contributed by atoms with Crippen LogP contribution in [0.1, 0.15) is 44.9 Å². The lowest BCUT2D eigenvalue weighted by Gasteiger charge is -2.28. The molecule has 4 N–H and O–H groups in total. The summed E-state index contributed by atoms with van der Waals surface area (Å²) in [4.78, 5) is 13.3. The monoisotopic (exact) mass is 502 g/mol. The lowest BCUT2D eigenvalue weighted by Crippen LogP contribution is -2.39. The minimum absolute atomic E-state index is 0.132.